The predicted molar refractivity (Wildman–Crippen MR) is 149 cm³/mol. The molecule has 212 valence electrons. The average molecular weight is 558 g/mol. The van der Waals surface area contributed by atoms with Crippen LogP contribution in [0.2, 0.25) is 0 Å². The van der Waals surface area contributed by atoms with Crippen molar-refractivity contribution in [2.45, 2.75) is 24.8 Å². The molecule has 2 aliphatic heterocycles. The quantitative estimate of drug-likeness (QED) is 0.232. The summed E-state index contributed by atoms with van der Waals surface area (Å²) in [5.74, 6) is -1.10. The molecule has 2 aliphatic rings. The molecule has 2 heterocycles. The molecule has 0 unspecified atom stereocenters. The molecule has 5 rings (SSSR count). The molecular formula is C30H31N5O6. The van der Waals surface area contributed by atoms with E-state index in [9.17, 15) is 14.4 Å². The fraction of sp³-hybridized carbons (Fsp3) is 0.267. The maximum Gasteiger partial charge on any atom is 0.251 e. The van der Waals surface area contributed by atoms with Crippen molar-refractivity contribution >= 4 is 23.6 Å². The molecule has 0 aromatic heterocycles. The minimum Gasteiger partial charge on any atom is -0.457 e. The third kappa shape index (κ3) is 6.71. The van der Waals surface area contributed by atoms with Crippen molar-refractivity contribution in [3.8, 4) is 11.5 Å². The Morgan fingerprint density at radius 1 is 0.927 bits per heavy atom. The highest BCUT2D eigenvalue weighted by molar-refractivity contribution is 5.97. The number of nitrogen functional groups attached to an aromatic ring is 1. The Balaban J connectivity index is 1.19. The number of benzene rings is 3. The monoisotopic (exact) mass is 557 g/mol. The molecular weight excluding hydrogens is 526 g/mol. The number of nitrogens with zero attached hydrogens (tertiary/aromatic N) is 1. The summed E-state index contributed by atoms with van der Waals surface area (Å²) in [7, 11) is 0. The van der Waals surface area contributed by atoms with E-state index in [0.717, 1.165) is 5.56 Å². The van der Waals surface area contributed by atoms with Crippen LogP contribution in [0.15, 0.2) is 78.9 Å². The van der Waals surface area contributed by atoms with Crippen LogP contribution in [0.5, 0.6) is 11.5 Å². The van der Waals surface area contributed by atoms with Gasteiger partial charge in [0, 0.05) is 24.1 Å². The number of nitrogens with two attached hydrogens (primary N) is 1. The van der Waals surface area contributed by atoms with E-state index in [-0.39, 0.29) is 37.8 Å². The minimum absolute atomic E-state index is 0.0679. The van der Waals surface area contributed by atoms with Crippen LogP contribution in [-0.2, 0) is 25.6 Å². The molecule has 1 atom stereocenters. The molecule has 0 aliphatic carbocycles. The Morgan fingerprint density at radius 2 is 1.63 bits per heavy atom. The van der Waals surface area contributed by atoms with E-state index in [1.54, 1.807) is 42.5 Å². The Labute approximate surface area is 237 Å². The maximum atomic E-state index is 13.2. The summed E-state index contributed by atoms with van der Waals surface area (Å²) >= 11 is 0. The molecule has 3 amide bonds. The number of para-hydroxylation sites is 1. The Bertz CT molecular complexity index is 1420. The summed E-state index contributed by atoms with van der Waals surface area (Å²) in [5, 5.41) is 13.1. The summed E-state index contributed by atoms with van der Waals surface area (Å²) in [5.41, 5.74) is 7.24. The normalized spacial score (nSPS) is 17.3. The first-order valence-corrected chi connectivity index (χ1v) is 13.2. The maximum absolute atomic E-state index is 13.2. The summed E-state index contributed by atoms with van der Waals surface area (Å²) in [6.07, 6.45) is 0.175. The van der Waals surface area contributed by atoms with Crippen molar-refractivity contribution in [3.05, 3.63) is 95.6 Å². The van der Waals surface area contributed by atoms with Crippen molar-refractivity contribution in [2.24, 2.45) is 5.73 Å². The molecule has 0 saturated carbocycles. The number of amides is 3. The van der Waals surface area contributed by atoms with Gasteiger partial charge in [-0.25, -0.2) is 0 Å². The molecule has 1 spiro atoms. The largest absolute Gasteiger partial charge is 0.457 e. The van der Waals surface area contributed by atoms with Crippen molar-refractivity contribution in [1.29, 1.82) is 5.41 Å². The highest BCUT2D eigenvalue weighted by Gasteiger charge is 2.52. The molecule has 5 N–H and O–H groups in total. The average Bonchev–Trinajstić information content (AvgIpc) is 3.62. The second-order valence-electron chi connectivity index (χ2n) is 9.80. The summed E-state index contributed by atoms with van der Waals surface area (Å²) in [6.45, 7) is 0.699. The van der Waals surface area contributed by atoms with E-state index in [2.05, 4.69) is 10.6 Å². The number of carbonyl (C=O) groups excluding carboxylic acids is 3. The number of ether oxygens (including phenoxy) is 3. The van der Waals surface area contributed by atoms with Crippen LogP contribution >= 0.6 is 0 Å². The van der Waals surface area contributed by atoms with Crippen LogP contribution < -0.4 is 21.1 Å². The van der Waals surface area contributed by atoms with E-state index in [4.69, 9.17) is 25.4 Å². The Kier molecular flexibility index (Phi) is 8.27. The van der Waals surface area contributed by atoms with Gasteiger partial charge in [-0.1, -0.05) is 36.4 Å². The van der Waals surface area contributed by atoms with E-state index in [0.29, 0.717) is 35.8 Å². The van der Waals surface area contributed by atoms with E-state index < -0.39 is 23.6 Å². The van der Waals surface area contributed by atoms with Crippen molar-refractivity contribution < 1.29 is 28.6 Å². The summed E-state index contributed by atoms with van der Waals surface area (Å²) in [6, 6.07) is 22.0. The first kappa shape index (κ1) is 27.8. The van der Waals surface area contributed by atoms with Gasteiger partial charge in [-0.05, 0) is 48.0 Å². The molecule has 3 aromatic carbocycles. The van der Waals surface area contributed by atoms with Crippen LogP contribution in [0.1, 0.15) is 27.9 Å². The molecule has 3 aromatic rings. The lowest BCUT2D eigenvalue weighted by Crippen LogP contribution is -2.49. The molecule has 2 saturated heterocycles. The van der Waals surface area contributed by atoms with Gasteiger partial charge in [0.25, 0.3) is 5.91 Å². The lowest BCUT2D eigenvalue weighted by molar-refractivity contribution is -0.152. The van der Waals surface area contributed by atoms with Crippen molar-refractivity contribution in [2.75, 3.05) is 26.3 Å². The number of likely N-dealkylation sites (tertiary alicyclic amines) is 1. The van der Waals surface area contributed by atoms with E-state index >= 15 is 0 Å². The molecule has 41 heavy (non-hydrogen) atoms. The fourth-order valence-corrected chi connectivity index (χ4v) is 4.86. The minimum atomic E-state index is -1.05. The van der Waals surface area contributed by atoms with E-state index in [1.165, 1.54) is 4.90 Å². The van der Waals surface area contributed by atoms with Gasteiger partial charge in [-0.3, -0.25) is 19.8 Å². The van der Waals surface area contributed by atoms with Gasteiger partial charge in [-0.15, -0.1) is 0 Å². The van der Waals surface area contributed by atoms with Gasteiger partial charge in [0.05, 0.1) is 26.3 Å². The molecule has 0 bridgehead atoms. The first-order chi connectivity index (χ1) is 19.8. The number of hydrogen-bond donors (Lipinski definition) is 4. The van der Waals surface area contributed by atoms with Crippen molar-refractivity contribution in [3.63, 3.8) is 0 Å². The highest BCUT2D eigenvalue weighted by atomic mass is 16.7. The fourth-order valence-electron chi connectivity index (χ4n) is 4.86. The van der Waals surface area contributed by atoms with Gasteiger partial charge < -0.3 is 35.5 Å². The smallest absolute Gasteiger partial charge is 0.251 e. The number of amidine groups is 1. The second-order valence-corrected chi connectivity index (χ2v) is 9.80. The zero-order valence-corrected chi connectivity index (χ0v) is 22.3. The van der Waals surface area contributed by atoms with Crippen LogP contribution in [0.25, 0.3) is 0 Å². The second kappa shape index (κ2) is 12.2. The lowest BCUT2D eigenvalue weighted by atomic mass is 10.1. The molecule has 0 radical (unpaired) electrons. The zero-order chi connectivity index (χ0) is 28.8. The van der Waals surface area contributed by atoms with Gasteiger partial charge in [0.2, 0.25) is 11.8 Å². The zero-order valence-electron chi connectivity index (χ0n) is 22.3. The van der Waals surface area contributed by atoms with Gasteiger partial charge in [0.1, 0.15) is 23.4 Å². The number of rotatable bonds is 9. The van der Waals surface area contributed by atoms with Crippen molar-refractivity contribution in [1.82, 2.24) is 15.5 Å². The SMILES string of the molecule is N=C(N)c1cccc(CNC(=O)[C@@H]2CC3(CN2C(=O)CNC(=O)c2ccc(Oc4ccccc4)cc2)OCCO3)c1. The Hall–Kier alpha value is -4.74. The van der Waals surface area contributed by atoms with Gasteiger partial charge in [-0.2, -0.15) is 0 Å². The number of hydrogen-bond acceptors (Lipinski definition) is 7. The summed E-state index contributed by atoms with van der Waals surface area (Å²) < 4.78 is 17.3. The van der Waals surface area contributed by atoms with Crippen LogP contribution in [-0.4, -0.2) is 66.6 Å². The van der Waals surface area contributed by atoms with Crippen LogP contribution in [0, 0.1) is 5.41 Å². The van der Waals surface area contributed by atoms with Crippen LogP contribution in [0.4, 0.5) is 0 Å². The third-order valence-electron chi connectivity index (χ3n) is 6.93. The highest BCUT2D eigenvalue weighted by Crippen LogP contribution is 2.35. The topological polar surface area (TPSA) is 156 Å². The standard InChI is InChI=1S/C30H31N5O6/c31-27(32)22-6-4-5-20(15-22)17-33-29(38)25-16-30(39-13-14-40-30)19-35(25)26(36)18-34-28(37)21-9-11-24(12-10-21)41-23-7-2-1-3-8-23/h1-12,15,25H,13-14,16-19H2,(H3,31,32)(H,33,38)(H,34,37)/t25-/m0/s1. The third-order valence-corrected chi connectivity index (χ3v) is 6.93. The van der Waals surface area contributed by atoms with Gasteiger partial charge >= 0.3 is 0 Å². The number of carbonyl (C=O) groups is 3. The number of nitrogens with one attached hydrogen (secondary N) is 3. The molecule has 2 fully saturated rings. The molecule has 11 heteroatoms. The predicted octanol–water partition coefficient (Wildman–Crippen LogP) is 2.15. The van der Waals surface area contributed by atoms with Gasteiger partial charge in [0.15, 0.2) is 5.79 Å². The lowest BCUT2D eigenvalue weighted by Gasteiger charge is -2.24. The first-order valence-electron chi connectivity index (χ1n) is 13.2. The molecule has 11 nitrogen and oxygen atoms in total. The van der Waals surface area contributed by atoms with E-state index in [1.807, 2.05) is 36.4 Å². The Morgan fingerprint density at radius 3 is 2.34 bits per heavy atom. The van der Waals surface area contributed by atoms with Crippen LogP contribution in [0.3, 0.4) is 0 Å². The summed E-state index contributed by atoms with van der Waals surface area (Å²) in [4.78, 5) is 40.6.